The van der Waals surface area contributed by atoms with Crippen molar-refractivity contribution in [3.05, 3.63) is 97.1 Å². The predicted octanol–water partition coefficient (Wildman–Crippen LogP) is 6.69. The molecule has 0 spiro atoms. The zero-order valence-electron chi connectivity index (χ0n) is 41.2. The van der Waals surface area contributed by atoms with Gasteiger partial charge in [-0.05, 0) is 124 Å². The number of aromatic amines is 1. The van der Waals surface area contributed by atoms with Gasteiger partial charge in [-0.3, -0.25) is 19.8 Å². The van der Waals surface area contributed by atoms with Crippen molar-refractivity contribution in [3.63, 3.8) is 0 Å². The second-order valence-electron chi connectivity index (χ2n) is 18.9. The highest BCUT2D eigenvalue weighted by atomic mass is 79.9. The van der Waals surface area contributed by atoms with E-state index >= 15 is 0 Å². The lowest BCUT2D eigenvalue weighted by Gasteiger charge is -2.32. The van der Waals surface area contributed by atoms with Gasteiger partial charge >= 0.3 is 7.12 Å². The molecule has 0 unspecified atom stereocenters. The lowest BCUT2D eigenvalue weighted by atomic mass is 9.79. The molecule has 0 amide bonds. The molecule has 3 aromatic carbocycles. The molecule has 6 aliphatic rings. The molecule has 3 atom stereocenters. The van der Waals surface area contributed by atoms with E-state index in [1.807, 2.05) is 48.7 Å². The maximum atomic E-state index is 11.3. The van der Waals surface area contributed by atoms with E-state index in [0.29, 0.717) is 42.7 Å². The Balaban J connectivity index is 0.000000127. The molecule has 6 aromatic rings. The van der Waals surface area contributed by atoms with Gasteiger partial charge < -0.3 is 57.1 Å². The van der Waals surface area contributed by atoms with E-state index in [9.17, 15) is 4.79 Å². The summed E-state index contributed by atoms with van der Waals surface area (Å²) in [5.74, 6) is 2.25. The maximum Gasteiger partial charge on any atom is 0.492 e. The first-order chi connectivity index (χ1) is 35.0. The Morgan fingerprint density at radius 3 is 1.66 bits per heavy atom. The van der Waals surface area contributed by atoms with Crippen molar-refractivity contribution in [1.82, 2.24) is 29.9 Å². The molecule has 6 aliphatic heterocycles. The number of hydrogen-bond donors (Lipinski definition) is 7. The number of nitrogens with zero attached hydrogens (tertiary/aromatic N) is 7. The van der Waals surface area contributed by atoms with Crippen molar-refractivity contribution in [2.45, 2.75) is 76.3 Å². The minimum Gasteiger partial charge on any atom is -0.400 e. The van der Waals surface area contributed by atoms with Crippen molar-refractivity contribution in [3.8, 4) is 0 Å². The van der Waals surface area contributed by atoms with Crippen molar-refractivity contribution >= 4 is 119 Å². The van der Waals surface area contributed by atoms with E-state index in [2.05, 4.69) is 116 Å². The van der Waals surface area contributed by atoms with Crippen LogP contribution >= 0.6 is 31.9 Å². The Morgan fingerprint density at radius 2 is 1.16 bits per heavy atom. The predicted molar refractivity (Wildman–Crippen MR) is 298 cm³/mol. The molecule has 4 fully saturated rings. The molecule has 0 saturated carbocycles. The number of anilines is 5. The lowest BCUT2D eigenvalue weighted by molar-refractivity contribution is 0.00578. The fraction of sp³-hybridized carbons (Fsp3) is 0.400. The van der Waals surface area contributed by atoms with Gasteiger partial charge in [0.15, 0.2) is 0 Å². The minimum atomic E-state index is -0.249. The zero-order chi connectivity index (χ0) is 51.7. The Hall–Kier alpha value is -5.92. The Morgan fingerprint density at radius 1 is 0.644 bits per heavy atom. The van der Waals surface area contributed by atoms with Gasteiger partial charge in [0.1, 0.15) is 11.6 Å². The van der Waals surface area contributed by atoms with Crippen LogP contribution in [0.1, 0.15) is 52.5 Å². The number of nitrogen functional groups attached to an aromatic ring is 3. The van der Waals surface area contributed by atoms with Crippen molar-refractivity contribution in [2.75, 3.05) is 80.6 Å². The van der Waals surface area contributed by atoms with Crippen molar-refractivity contribution < 1.29 is 23.5 Å². The van der Waals surface area contributed by atoms with Gasteiger partial charge in [0.25, 0.3) is 5.56 Å². The third kappa shape index (κ3) is 14.0. The van der Waals surface area contributed by atoms with Crippen LogP contribution in [0.3, 0.4) is 0 Å². The van der Waals surface area contributed by atoms with Gasteiger partial charge in [0, 0.05) is 58.0 Å². The Kier molecular flexibility index (Phi) is 17.5. The topological polar surface area (TPSA) is 296 Å². The highest BCUT2D eigenvalue weighted by molar-refractivity contribution is 9.10. The number of nitrogens with one attached hydrogen (secondary N) is 3. The molecule has 73 heavy (non-hydrogen) atoms. The van der Waals surface area contributed by atoms with Crippen molar-refractivity contribution in [1.29, 1.82) is 0 Å². The summed E-state index contributed by atoms with van der Waals surface area (Å²) in [4.78, 5) is 43.3. The van der Waals surface area contributed by atoms with Crippen LogP contribution in [0.25, 0.3) is 38.3 Å². The highest BCUT2D eigenvalue weighted by Crippen LogP contribution is 2.39. The van der Waals surface area contributed by atoms with Crippen LogP contribution in [0, 0.1) is 0 Å². The number of hydrogen-bond acceptors (Lipinski definition) is 19. The summed E-state index contributed by atoms with van der Waals surface area (Å²) in [7, 11) is -0.220. The van der Waals surface area contributed by atoms with Gasteiger partial charge in [-0.25, -0.2) is 15.0 Å². The summed E-state index contributed by atoms with van der Waals surface area (Å²) in [6, 6.07) is 18.2. The second kappa shape index (κ2) is 24.0. The molecule has 0 radical (unpaired) electrons. The molecule has 12 rings (SSSR count). The monoisotopic (exact) mass is 1120 g/mol. The fourth-order valence-electron chi connectivity index (χ4n) is 8.10. The van der Waals surface area contributed by atoms with Crippen LogP contribution in [-0.4, -0.2) is 132 Å². The van der Waals surface area contributed by atoms with Gasteiger partial charge in [-0.15, -0.1) is 0 Å². The van der Waals surface area contributed by atoms with E-state index in [0.717, 1.165) is 106 Å². The average Bonchev–Trinajstić information content (AvgIpc) is 4.21. The Labute approximate surface area is 440 Å². The zero-order valence-corrected chi connectivity index (χ0v) is 44.4. The highest BCUT2D eigenvalue weighted by Gasteiger charge is 2.52. The first-order valence-corrected chi connectivity index (χ1v) is 25.6. The summed E-state index contributed by atoms with van der Waals surface area (Å²) >= 11 is 6.72. The van der Waals surface area contributed by atoms with E-state index in [1.165, 1.54) is 5.57 Å². The van der Waals surface area contributed by atoms with Crippen LogP contribution in [-0.2, 0) is 23.5 Å². The van der Waals surface area contributed by atoms with Crippen LogP contribution in [0.4, 0.5) is 29.5 Å². The number of aliphatic imine (C=N–C) groups is 2. The maximum absolute atomic E-state index is 11.3. The summed E-state index contributed by atoms with van der Waals surface area (Å²) in [6.45, 7) is 14.3. The molecule has 20 nitrogen and oxygen atoms in total. The van der Waals surface area contributed by atoms with Crippen LogP contribution in [0.15, 0.2) is 95.9 Å². The smallest absolute Gasteiger partial charge is 0.400 e. The molecule has 23 heteroatoms. The largest absolute Gasteiger partial charge is 0.492 e. The summed E-state index contributed by atoms with van der Waals surface area (Å²) in [5.41, 5.74) is 27.4. The molecule has 9 heterocycles. The molecule has 4 saturated heterocycles. The number of rotatable bonds is 6. The molecule has 384 valence electrons. The Bertz CT molecular complexity index is 3070. The number of ether oxygens (including phenoxy) is 3. The molecule has 11 N–H and O–H groups in total. The van der Waals surface area contributed by atoms with E-state index in [-0.39, 0.29) is 47.8 Å². The standard InChI is InChI=1S/C16H17N5O.C12H13BrN4O.C10H16BNO2.C8H6BrN3O.C4H9NO/c17-16-20-14-7-10(11-3-5-18-8-11)1-2-13(14)15(21-16)19-12-4-6-22-9-12;13-7-1-2-9-10(5-7)16-12(14)17-11(9)15-8-3-4-18-6-8;1-9(2)10(3,4)14-11(13-9)8-5-6-12-7-8;9-4-1-2-5-6(3-4)11-8(10)12-7(5)13;5-4-1-2-6-3-4/h1-3,5,7,12H,4,6,8-9H2,(H3,17,19,20,21);1-2,5,8H,3-4,6H2,(H3,14,15,16,17);5-6H,7H2,1-4H3;1-3H,(H3,10,11,12,13);4H,1-3,5H2/t12-;8-;;;4-/m00..0/s1. The van der Waals surface area contributed by atoms with Gasteiger partial charge in [0.05, 0.1) is 78.1 Å². The molecule has 0 bridgehead atoms. The number of benzene rings is 3. The normalized spacial score (nSPS) is 21.1. The second-order valence-corrected chi connectivity index (χ2v) is 20.7. The SMILES string of the molecule is CC1(C)OB(C2=CC=NC2)OC1(C)C.N[C@H]1CCOC1.Nc1nc(N[C@H]2CCOC2)c2ccc(Br)cc2n1.Nc1nc(N[C@H]2CCOC2)c2ccc(C3=CC=NC3)cc2n1.Nc1nc2cc(Br)ccc2c(=O)[nH]1. The summed E-state index contributed by atoms with van der Waals surface area (Å²) in [5, 5.41) is 9.28. The van der Waals surface area contributed by atoms with E-state index in [4.69, 9.17) is 46.5 Å². The van der Waals surface area contributed by atoms with Crippen LogP contribution < -0.4 is 39.1 Å². The first-order valence-electron chi connectivity index (χ1n) is 24.0. The van der Waals surface area contributed by atoms with Gasteiger partial charge in [-0.1, -0.05) is 37.9 Å². The number of halogens is 2. The summed E-state index contributed by atoms with van der Waals surface area (Å²) in [6.07, 6.45) is 10.7. The molecular formula is C50H61BBr2N14O6. The first kappa shape index (κ1) is 53.4. The molecule has 3 aromatic heterocycles. The number of nitrogens with two attached hydrogens (primary N) is 4. The van der Waals surface area contributed by atoms with E-state index < -0.39 is 0 Å². The van der Waals surface area contributed by atoms with E-state index in [1.54, 1.807) is 24.4 Å². The van der Waals surface area contributed by atoms with Gasteiger partial charge in [0.2, 0.25) is 17.8 Å². The number of allylic oxidation sites excluding steroid dienone is 2. The lowest BCUT2D eigenvalue weighted by Crippen LogP contribution is -2.41. The fourth-order valence-corrected chi connectivity index (χ4v) is 8.79. The van der Waals surface area contributed by atoms with Crippen LogP contribution in [0.2, 0.25) is 0 Å². The molecular weight excluding hydrogens is 1060 g/mol. The average molecular weight is 1120 g/mol. The number of H-pyrrole nitrogens is 1. The third-order valence-electron chi connectivity index (χ3n) is 12.8. The minimum absolute atomic E-state index is 0.135. The third-order valence-corrected chi connectivity index (χ3v) is 13.8. The quantitative estimate of drug-likeness (QED) is 0.0855. The number of fused-ring (bicyclic) bond motifs is 3. The number of aromatic nitrogens is 6. The van der Waals surface area contributed by atoms with Crippen molar-refractivity contribution in [2.24, 2.45) is 15.7 Å². The van der Waals surface area contributed by atoms with Gasteiger partial charge in [-0.2, -0.15) is 9.97 Å². The summed E-state index contributed by atoms with van der Waals surface area (Å²) < 4.78 is 29.3. The molecule has 0 aliphatic carbocycles. The van der Waals surface area contributed by atoms with Crippen LogP contribution in [0.5, 0.6) is 0 Å².